The second-order valence-electron chi connectivity index (χ2n) is 14.3. The first-order valence-corrected chi connectivity index (χ1v) is 19.9. The van der Waals surface area contributed by atoms with Crippen LogP contribution in [0.15, 0.2) is 53.4 Å². The molecule has 0 spiro atoms. The summed E-state index contributed by atoms with van der Waals surface area (Å²) >= 11 is 0. The number of benzene rings is 4. The van der Waals surface area contributed by atoms with E-state index in [-0.39, 0.29) is 16.6 Å². The van der Waals surface area contributed by atoms with Gasteiger partial charge in [-0.25, -0.2) is 75.8 Å². The third-order valence-corrected chi connectivity index (χ3v) is 11.4. The Morgan fingerprint density at radius 1 is 0.358 bits per heavy atom. The quantitative estimate of drug-likeness (QED) is 0.0688. The molecule has 3 N–H and O–H groups in total. The standard InChI is InChI=1S/C44H15F15N4O3S/c45-30-27(31(46)37(52)42(57)36(30)51)24-17-6-4-15(60-17)23(13-2-1-3-14(12-13)67(64,65)66)16-5-7-18(61-16)25(28-32(47)38(53)43(58)39(54)33(28)48)20-9-11-22(63-20)26(21-10-8-19(24)62-21)29-34(49)40(55)44(59)41(56)35(29)50/h1-12,60,63H,(H,64,65,66). The van der Waals surface area contributed by atoms with Gasteiger partial charge in [-0.3, -0.25) is 4.55 Å². The number of nitrogens with one attached hydrogen (secondary N) is 2. The molecule has 8 bridgehead atoms. The van der Waals surface area contributed by atoms with Crippen molar-refractivity contribution in [3.63, 3.8) is 0 Å². The van der Waals surface area contributed by atoms with Gasteiger partial charge in [0.05, 0.1) is 44.4 Å². The average molecular weight is 965 g/mol. The molecular formula is C44H15F15N4O3S. The van der Waals surface area contributed by atoms with Gasteiger partial charge in [-0.05, 0) is 66.3 Å². The number of nitrogens with zero attached hydrogens (tertiary/aromatic N) is 2. The molecule has 5 heterocycles. The molecule has 0 aliphatic carbocycles. The van der Waals surface area contributed by atoms with E-state index in [1.165, 1.54) is 6.07 Å². The normalized spacial score (nSPS) is 12.5. The van der Waals surface area contributed by atoms with Gasteiger partial charge in [-0.1, -0.05) is 12.1 Å². The molecule has 7 aromatic rings. The van der Waals surface area contributed by atoms with E-state index in [2.05, 4.69) is 19.9 Å². The van der Waals surface area contributed by atoms with Gasteiger partial charge in [0.1, 0.15) is 0 Å². The van der Waals surface area contributed by atoms with E-state index in [4.69, 9.17) is 0 Å². The number of hydrogen-bond acceptors (Lipinski definition) is 4. The van der Waals surface area contributed by atoms with Gasteiger partial charge >= 0.3 is 0 Å². The summed E-state index contributed by atoms with van der Waals surface area (Å²) in [5.74, 6) is -37.7. The summed E-state index contributed by atoms with van der Waals surface area (Å²) in [7, 11) is -4.99. The summed E-state index contributed by atoms with van der Waals surface area (Å²) in [6.45, 7) is 0. The summed E-state index contributed by atoms with van der Waals surface area (Å²) in [4.78, 5) is 12.7. The van der Waals surface area contributed by atoms with Gasteiger partial charge < -0.3 is 9.97 Å². The highest BCUT2D eigenvalue weighted by atomic mass is 32.2. The number of aromatic nitrogens is 4. The zero-order chi connectivity index (χ0) is 48.3. The minimum absolute atomic E-state index is 0.206. The Kier molecular flexibility index (Phi) is 10.5. The molecule has 0 amide bonds. The molecule has 0 unspecified atom stereocenters. The molecular weight excluding hydrogens is 950 g/mol. The fraction of sp³-hybridized carbons (Fsp3) is 0. The van der Waals surface area contributed by atoms with Crippen LogP contribution < -0.4 is 0 Å². The van der Waals surface area contributed by atoms with E-state index in [1.807, 2.05) is 0 Å². The molecule has 9 rings (SSSR count). The molecule has 4 aromatic carbocycles. The van der Waals surface area contributed by atoms with Gasteiger partial charge in [0, 0.05) is 44.3 Å². The van der Waals surface area contributed by atoms with Crippen molar-refractivity contribution in [1.29, 1.82) is 0 Å². The summed E-state index contributed by atoms with van der Waals surface area (Å²) in [6.07, 6.45) is 3.44. The maximum absolute atomic E-state index is 15.8. The third-order valence-electron chi connectivity index (χ3n) is 10.6. The van der Waals surface area contributed by atoms with Crippen molar-refractivity contribution < 1.29 is 78.8 Å². The molecule has 23 heteroatoms. The molecule has 0 radical (unpaired) electrons. The zero-order valence-electron chi connectivity index (χ0n) is 32.2. The Bertz CT molecular complexity index is 3600. The van der Waals surface area contributed by atoms with Crippen molar-refractivity contribution in [1.82, 2.24) is 19.9 Å². The topological polar surface area (TPSA) is 112 Å². The van der Waals surface area contributed by atoms with E-state index in [0.29, 0.717) is 0 Å². The second kappa shape index (κ2) is 15.8. The Morgan fingerprint density at radius 2 is 0.627 bits per heavy atom. The Balaban J connectivity index is 1.57. The molecule has 3 aromatic heterocycles. The van der Waals surface area contributed by atoms with Crippen LogP contribution in [0.5, 0.6) is 0 Å². The lowest BCUT2D eigenvalue weighted by atomic mass is 10.0. The van der Waals surface area contributed by atoms with Crippen LogP contribution in [0, 0.1) is 87.3 Å². The molecule has 0 atom stereocenters. The van der Waals surface area contributed by atoms with Gasteiger partial charge in [-0.2, -0.15) is 8.42 Å². The van der Waals surface area contributed by atoms with Crippen LogP contribution in [0.3, 0.4) is 0 Å². The van der Waals surface area contributed by atoms with E-state index in [1.54, 1.807) is 0 Å². The lowest BCUT2D eigenvalue weighted by molar-refractivity contribution is 0.381. The van der Waals surface area contributed by atoms with Crippen LogP contribution in [0.2, 0.25) is 0 Å². The Morgan fingerprint density at radius 3 is 0.925 bits per heavy atom. The van der Waals surface area contributed by atoms with Crippen molar-refractivity contribution in [3.05, 3.63) is 159 Å². The lowest BCUT2D eigenvalue weighted by Crippen LogP contribution is -2.06. The van der Waals surface area contributed by atoms with E-state index in [0.717, 1.165) is 66.8 Å². The van der Waals surface area contributed by atoms with Crippen LogP contribution in [0.1, 0.15) is 22.8 Å². The van der Waals surface area contributed by atoms with Crippen LogP contribution in [-0.4, -0.2) is 32.9 Å². The van der Waals surface area contributed by atoms with Crippen LogP contribution >= 0.6 is 0 Å². The lowest BCUT2D eigenvalue weighted by Gasteiger charge is -2.11. The maximum Gasteiger partial charge on any atom is 0.294 e. The molecule has 340 valence electrons. The van der Waals surface area contributed by atoms with E-state index >= 15 is 26.3 Å². The predicted octanol–water partition coefficient (Wildman–Crippen LogP) is 12.7. The second-order valence-corrected chi connectivity index (χ2v) is 15.8. The largest absolute Gasteiger partial charge is 0.354 e. The first-order chi connectivity index (χ1) is 31.6. The molecule has 0 saturated heterocycles. The van der Waals surface area contributed by atoms with E-state index < -0.39 is 175 Å². The van der Waals surface area contributed by atoms with Crippen LogP contribution in [0.4, 0.5) is 65.9 Å². The molecule has 0 saturated carbocycles. The van der Waals surface area contributed by atoms with Gasteiger partial charge in [-0.15, -0.1) is 0 Å². The first-order valence-electron chi connectivity index (χ1n) is 18.4. The number of hydrogen-bond donors (Lipinski definition) is 3. The van der Waals surface area contributed by atoms with Crippen molar-refractivity contribution in [3.8, 4) is 44.5 Å². The van der Waals surface area contributed by atoms with Crippen LogP contribution in [0.25, 0.3) is 90.9 Å². The summed E-state index contributed by atoms with van der Waals surface area (Å²) in [5, 5.41) is 0. The van der Waals surface area contributed by atoms with E-state index in [9.17, 15) is 52.5 Å². The summed E-state index contributed by atoms with van der Waals surface area (Å²) < 4.78 is 262. The predicted molar refractivity (Wildman–Crippen MR) is 210 cm³/mol. The van der Waals surface area contributed by atoms with Gasteiger partial charge in [0.25, 0.3) is 10.1 Å². The molecule has 7 nitrogen and oxygen atoms in total. The van der Waals surface area contributed by atoms with Crippen molar-refractivity contribution in [2.75, 3.05) is 0 Å². The minimum Gasteiger partial charge on any atom is -0.354 e. The number of halogens is 15. The minimum atomic E-state index is -4.99. The summed E-state index contributed by atoms with van der Waals surface area (Å²) in [5.41, 5.74) is -14.1. The number of rotatable bonds is 5. The maximum atomic E-state index is 15.8. The monoisotopic (exact) mass is 964 g/mol. The van der Waals surface area contributed by atoms with Crippen molar-refractivity contribution in [2.45, 2.75) is 4.90 Å². The number of fused-ring (bicyclic) bond motifs is 8. The highest BCUT2D eigenvalue weighted by Gasteiger charge is 2.34. The van der Waals surface area contributed by atoms with Crippen LogP contribution in [-0.2, 0) is 10.1 Å². The van der Waals surface area contributed by atoms with Gasteiger partial charge in [0.15, 0.2) is 69.8 Å². The fourth-order valence-electron chi connectivity index (χ4n) is 7.58. The van der Waals surface area contributed by atoms with Crippen molar-refractivity contribution in [2.24, 2.45) is 0 Å². The highest BCUT2D eigenvalue weighted by molar-refractivity contribution is 7.85. The molecule has 2 aliphatic heterocycles. The summed E-state index contributed by atoms with van der Waals surface area (Å²) in [6, 6.07) is 7.66. The van der Waals surface area contributed by atoms with Gasteiger partial charge in [0.2, 0.25) is 17.5 Å². The fourth-order valence-corrected chi connectivity index (χ4v) is 8.11. The first kappa shape index (κ1) is 44.5. The Hall–Kier alpha value is -7.66. The number of H-pyrrole nitrogens is 2. The zero-order valence-corrected chi connectivity index (χ0v) is 33.0. The molecule has 2 aliphatic rings. The molecule has 0 fully saturated rings. The number of aromatic amines is 2. The highest BCUT2D eigenvalue weighted by Crippen LogP contribution is 2.43. The Labute approximate surface area is 362 Å². The third kappa shape index (κ3) is 6.86. The average Bonchev–Trinajstić information content (AvgIpc) is 4.16. The molecule has 67 heavy (non-hydrogen) atoms. The van der Waals surface area contributed by atoms with Crippen molar-refractivity contribution >= 4 is 56.5 Å². The SMILES string of the molecule is O=S(=O)(O)c1cccc(-c2c3nc(c(-c4c(F)c(F)c(F)c(F)c4F)c4ccc([nH]4)c(-c4c(F)c(F)c(F)c(F)c4F)c4nc(c(-c5c(F)c(F)c(F)c(F)c5F)c5ccc2[nH]5)C=C4)C=C3)c1. The smallest absolute Gasteiger partial charge is 0.294 e.